The summed E-state index contributed by atoms with van der Waals surface area (Å²) in [4.78, 5) is 18.5. The molecule has 0 radical (unpaired) electrons. The molecule has 114 valence electrons. The second kappa shape index (κ2) is 5.47. The standard InChI is InChI=1S/C17H11FN2OS2/c1-22-17-19-15-14(12-4-2-3-5-13(12)23-15)16(21)20(17)11-8-6-10(18)7-9-11/h2-9H,1H3. The fourth-order valence-electron chi connectivity index (χ4n) is 2.61. The smallest absolute Gasteiger partial charge is 0.268 e. The molecule has 0 atom stereocenters. The molecule has 6 heteroatoms. The van der Waals surface area contributed by atoms with Crippen molar-refractivity contribution in [3.63, 3.8) is 0 Å². The van der Waals surface area contributed by atoms with Gasteiger partial charge in [0.05, 0.1) is 11.1 Å². The first-order chi connectivity index (χ1) is 11.2. The fraction of sp³-hybridized carbons (Fsp3) is 0.0588. The molecule has 0 bridgehead atoms. The fourth-order valence-corrected chi connectivity index (χ4v) is 4.29. The van der Waals surface area contributed by atoms with Crippen LogP contribution in [0.15, 0.2) is 58.5 Å². The molecule has 0 aliphatic heterocycles. The third kappa shape index (κ3) is 2.26. The summed E-state index contributed by atoms with van der Waals surface area (Å²) >= 11 is 2.91. The van der Waals surface area contributed by atoms with E-state index in [2.05, 4.69) is 4.98 Å². The number of thiophene rings is 1. The van der Waals surface area contributed by atoms with E-state index < -0.39 is 0 Å². The van der Waals surface area contributed by atoms with Gasteiger partial charge in [-0.15, -0.1) is 11.3 Å². The number of aromatic nitrogens is 2. The summed E-state index contributed by atoms with van der Waals surface area (Å²) in [6, 6.07) is 13.7. The first kappa shape index (κ1) is 14.4. The van der Waals surface area contributed by atoms with Crippen molar-refractivity contribution in [1.82, 2.24) is 9.55 Å². The third-order valence-electron chi connectivity index (χ3n) is 3.65. The third-order valence-corrected chi connectivity index (χ3v) is 5.35. The summed E-state index contributed by atoms with van der Waals surface area (Å²) in [7, 11) is 0. The van der Waals surface area contributed by atoms with Gasteiger partial charge in [0.1, 0.15) is 10.6 Å². The molecule has 23 heavy (non-hydrogen) atoms. The van der Waals surface area contributed by atoms with E-state index in [4.69, 9.17) is 0 Å². The lowest BCUT2D eigenvalue weighted by molar-refractivity contribution is 0.627. The van der Waals surface area contributed by atoms with Crippen LogP contribution in [-0.2, 0) is 0 Å². The zero-order valence-electron chi connectivity index (χ0n) is 12.1. The monoisotopic (exact) mass is 342 g/mol. The van der Waals surface area contributed by atoms with Crippen molar-refractivity contribution in [1.29, 1.82) is 0 Å². The highest BCUT2D eigenvalue weighted by Gasteiger charge is 2.16. The van der Waals surface area contributed by atoms with Crippen LogP contribution in [-0.4, -0.2) is 15.8 Å². The summed E-state index contributed by atoms with van der Waals surface area (Å²) < 4.78 is 15.8. The molecule has 0 saturated heterocycles. The summed E-state index contributed by atoms with van der Waals surface area (Å²) in [5, 5.41) is 2.13. The summed E-state index contributed by atoms with van der Waals surface area (Å²) in [5.74, 6) is -0.331. The topological polar surface area (TPSA) is 34.9 Å². The van der Waals surface area contributed by atoms with Crippen molar-refractivity contribution in [2.45, 2.75) is 5.16 Å². The van der Waals surface area contributed by atoms with Gasteiger partial charge in [0.15, 0.2) is 5.16 Å². The largest absolute Gasteiger partial charge is 0.268 e. The molecule has 0 unspecified atom stereocenters. The first-order valence-corrected chi connectivity index (χ1v) is 8.97. The van der Waals surface area contributed by atoms with Crippen LogP contribution < -0.4 is 5.56 Å². The average Bonchev–Trinajstić information content (AvgIpc) is 2.94. The van der Waals surface area contributed by atoms with Gasteiger partial charge >= 0.3 is 0 Å². The highest BCUT2D eigenvalue weighted by atomic mass is 32.2. The van der Waals surface area contributed by atoms with Crippen LogP contribution in [0.2, 0.25) is 0 Å². The number of hydrogen-bond acceptors (Lipinski definition) is 4. The molecular weight excluding hydrogens is 331 g/mol. The molecule has 0 aliphatic rings. The Kier molecular flexibility index (Phi) is 3.43. The summed E-state index contributed by atoms with van der Waals surface area (Å²) in [6.07, 6.45) is 1.88. The van der Waals surface area contributed by atoms with Crippen LogP contribution in [0, 0.1) is 5.82 Å². The van der Waals surface area contributed by atoms with Crippen LogP contribution >= 0.6 is 23.1 Å². The Morgan fingerprint density at radius 3 is 2.61 bits per heavy atom. The molecule has 2 heterocycles. The van der Waals surface area contributed by atoms with Gasteiger partial charge < -0.3 is 0 Å². The Morgan fingerprint density at radius 2 is 1.87 bits per heavy atom. The van der Waals surface area contributed by atoms with Gasteiger partial charge in [0, 0.05) is 10.1 Å². The van der Waals surface area contributed by atoms with Gasteiger partial charge in [0.2, 0.25) is 0 Å². The molecule has 0 amide bonds. The van der Waals surface area contributed by atoms with Crippen LogP contribution in [0.25, 0.3) is 26.0 Å². The Hall–Kier alpha value is -2.18. The molecule has 0 saturated carbocycles. The van der Waals surface area contributed by atoms with Crippen molar-refractivity contribution in [2.75, 3.05) is 6.26 Å². The lowest BCUT2D eigenvalue weighted by atomic mass is 10.2. The SMILES string of the molecule is CSc1nc2sc3ccccc3c2c(=O)n1-c1ccc(F)cc1. The lowest BCUT2D eigenvalue weighted by Crippen LogP contribution is -2.21. The number of halogens is 1. The van der Waals surface area contributed by atoms with Crippen molar-refractivity contribution >= 4 is 43.4 Å². The molecule has 0 N–H and O–H groups in total. The predicted molar refractivity (Wildman–Crippen MR) is 94.5 cm³/mol. The van der Waals surface area contributed by atoms with Gasteiger partial charge in [-0.3, -0.25) is 9.36 Å². The van der Waals surface area contributed by atoms with Gasteiger partial charge in [-0.25, -0.2) is 9.37 Å². The molecule has 0 fully saturated rings. The molecule has 2 aromatic carbocycles. The normalized spacial score (nSPS) is 11.4. The molecule has 0 aliphatic carbocycles. The van der Waals surface area contributed by atoms with Crippen molar-refractivity contribution in [3.05, 3.63) is 64.7 Å². The first-order valence-electron chi connectivity index (χ1n) is 6.93. The number of fused-ring (bicyclic) bond motifs is 3. The van der Waals surface area contributed by atoms with Crippen LogP contribution in [0.4, 0.5) is 4.39 Å². The Labute approximate surface area is 139 Å². The Balaban J connectivity index is 2.14. The molecular formula is C17H11FN2OS2. The number of hydrogen-bond donors (Lipinski definition) is 0. The number of nitrogens with zero attached hydrogens (tertiary/aromatic N) is 2. The second-order valence-corrected chi connectivity index (χ2v) is 6.80. The Bertz CT molecular complexity index is 1080. The van der Waals surface area contributed by atoms with E-state index in [-0.39, 0.29) is 11.4 Å². The maximum Gasteiger partial charge on any atom is 0.268 e. The maximum absolute atomic E-state index is 13.2. The number of thioether (sulfide) groups is 1. The van der Waals surface area contributed by atoms with E-state index >= 15 is 0 Å². The van der Waals surface area contributed by atoms with Gasteiger partial charge in [0.25, 0.3) is 5.56 Å². The van der Waals surface area contributed by atoms with E-state index in [0.717, 1.165) is 14.9 Å². The van der Waals surface area contributed by atoms with Crippen molar-refractivity contribution in [2.24, 2.45) is 0 Å². The zero-order valence-corrected chi connectivity index (χ0v) is 13.7. The molecule has 2 aromatic heterocycles. The highest BCUT2D eigenvalue weighted by Crippen LogP contribution is 2.32. The zero-order chi connectivity index (χ0) is 16.0. The number of benzene rings is 2. The van der Waals surface area contributed by atoms with E-state index in [0.29, 0.717) is 16.2 Å². The lowest BCUT2D eigenvalue weighted by Gasteiger charge is -2.10. The molecule has 4 aromatic rings. The van der Waals surface area contributed by atoms with E-state index in [9.17, 15) is 9.18 Å². The van der Waals surface area contributed by atoms with Crippen LogP contribution in [0.1, 0.15) is 0 Å². The van der Waals surface area contributed by atoms with Gasteiger partial charge in [-0.05, 0) is 36.6 Å². The maximum atomic E-state index is 13.2. The predicted octanol–water partition coefficient (Wildman–Crippen LogP) is 4.46. The second-order valence-electron chi connectivity index (χ2n) is 4.99. The minimum atomic E-state index is -0.331. The van der Waals surface area contributed by atoms with Crippen LogP contribution in [0.3, 0.4) is 0 Å². The van der Waals surface area contributed by atoms with Gasteiger partial charge in [-0.1, -0.05) is 30.0 Å². The molecule has 3 nitrogen and oxygen atoms in total. The summed E-state index contributed by atoms with van der Waals surface area (Å²) in [5.41, 5.74) is 0.494. The average molecular weight is 342 g/mol. The molecule has 4 rings (SSSR count). The van der Waals surface area contributed by atoms with Crippen molar-refractivity contribution < 1.29 is 4.39 Å². The van der Waals surface area contributed by atoms with Gasteiger partial charge in [-0.2, -0.15) is 0 Å². The number of rotatable bonds is 2. The van der Waals surface area contributed by atoms with Crippen molar-refractivity contribution in [3.8, 4) is 5.69 Å². The minimum absolute atomic E-state index is 0.122. The van der Waals surface area contributed by atoms with E-state index in [1.165, 1.54) is 35.2 Å². The van der Waals surface area contributed by atoms with E-state index in [1.54, 1.807) is 16.7 Å². The minimum Gasteiger partial charge on any atom is -0.268 e. The quantitative estimate of drug-likeness (QED) is 0.398. The molecule has 0 spiro atoms. The van der Waals surface area contributed by atoms with Crippen LogP contribution in [0.5, 0.6) is 0 Å². The summed E-state index contributed by atoms with van der Waals surface area (Å²) in [6.45, 7) is 0. The highest BCUT2D eigenvalue weighted by molar-refractivity contribution is 7.98. The van der Waals surface area contributed by atoms with E-state index in [1.807, 2.05) is 30.5 Å². The Morgan fingerprint density at radius 1 is 1.13 bits per heavy atom.